The largest absolute Gasteiger partial charge is 0.342 e. The maximum Gasteiger partial charge on any atom is 0.225 e. The number of piperidine rings is 1. The summed E-state index contributed by atoms with van der Waals surface area (Å²) in [5, 5.41) is 3.31. The van der Waals surface area contributed by atoms with Gasteiger partial charge in [-0.2, -0.15) is 0 Å². The Morgan fingerprint density at radius 1 is 1.13 bits per heavy atom. The molecule has 3 nitrogen and oxygen atoms in total. The number of benzene rings is 1. The molecule has 0 spiro atoms. The molecule has 1 aromatic rings. The van der Waals surface area contributed by atoms with E-state index in [0.29, 0.717) is 5.91 Å². The topological polar surface area (TPSA) is 32.3 Å². The van der Waals surface area contributed by atoms with Crippen LogP contribution in [0.2, 0.25) is 0 Å². The molecule has 0 aliphatic carbocycles. The molecular weight excluding hydrogens is 284 g/mol. The van der Waals surface area contributed by atoms with E-state index in [2.05, 4.69) is 36.5 Å². The monoisotopic (exact) mass is 320 g/mol. The van der Waals surface area contributed by atoms with Crippen LogP contribution in [0.4, 0.5) is 0 Å². The molecule has 0 bridgehead atoms. The van der Waals surface area contributed by atoms with Gasteiger partial charge in [0, 0.05) is 19.0 Å². The van der Waals surface area contributed by atoms with Crippen LogP contribution in [0.5, 0.6) is 0 Å². The zero-order valence-corrected chi connectivity index (χ0v) is 15.9. The fraction of sp³-hybridized carbons (Fsp3) is 0.650. The van der Waals surface area contributed by atoms with E-state index in [1.54, 1.807) is 0 Å². The summed E-state index contributed by atoms with van der Waals surface area (Å²) in [5.41, 5.74) is 1.29. The first-order valence-electron chi connectivity index (χ1n) is 9.20. The Bertz CT molecular complexity index is 399. The minimum atomic E-state index is 0.212. The molecule has 1 amide bonds. The van der Waals surface area contributed by atoms with Crippen LogP contribution in [0.15, 0.2) is 30.3 Å². The summed E-state index contributed by atoms with van der Waals surface area (Å²) >= 11 is 0. The van der Waals surface area contributed by atoms with Crippen LogP contribution in [-0.2, 0) is 11.2 Å². The van der Waals surface area contributed by atoms with Gasteiger partial charge >= 0.3 is 0 Å². The summed E-state index contributed by atoms with van der Waals surface area (Å²) in [6.45, 7) is 12.1. The van der Waals surface area contributed by atoms with Gasteiger partial charge in [-0.05, 0) is 44.8 Å². The van der Waals surface area contributed by atoms with Crippen LogP contribution < -0.4 is 5.32 Å². The predicted octanol–water partition coefficient (Wildman–Crippen LogP) is 4.13. The summed E-state index contributed by atoms with van der Waals surface area (Å²) < 4.78 is 0. The van der Waals surface area contributed by atoms with Gasteiger partial charge in [0.15, 0.2) is 0 Å². The third-order valence-corrected chi connectivity index (χ3v) is 4.07. The second-order valence-corrected chi connectivity index (χ2v) is 5.51. The molecule has 1 atom stereocenters. The molecule has 1 fully saturated rings. The molecule has 1 unspecified atom stereocenters. The number of hydrogen-bond acceptors (Lipinski definition) is 2. The standard InChI is InChI=1S/C16H24N2O.2C2H6/c1-13(12-14-6-4-3-5-7-14)18(2)16(19)15-8-10-17-11-9-15;2*1-2/h3-7,13,15,17H,8-12H2,1-2H3;2*1-2H3. The van der Waals surface area contributed by atoms with Gasteiger partial charge in [0.25, 0.3) is 0 Å². The number of likely N-dealkylation sites (N-methyl/N-ethyl adjacent to an activating group) is 1. The maximum atomic E-state index is 12.4. The van der Waals surface area contributed by atoms with E-state index in [1.165, 1.54) is 5.56 Å². The van der Waals surface area contributed by atoms with Gasteiger partial charge in [0.05, 0.1) is 0 Å². The Hall–Kier alpha value is -1.35. The van der Waals surface area contributed by atoms with E-state index >= 15 is 0 Å². The van der Waals surface area contributed by atoms with E-state index in [0.717, 1.165) is 32.4 Å². The van der Waals surface area contributed by atoms with Crippen molar-refractivity contribution in [3.05, 3.63) is 35.9 Å². The highest BCUT2D eigenvalue weighted by Gasteiger charge is 2.26. The molecule has 132 valence electrons. The first kappa shape index (κ1) is 21.6. The number of rotatable bonds is 4. The summed E-state index contributed by atoms with van der Waals surface area (Å²) in [5.74, 6) is 0.523. The number of amides is 1. The Labute approximate surface area is 143 Å². The van der Waals surface area contributed by atoms with Crippen molar-refractivity contribution in [1.82, 2.24) is 10.2 Å². The number of nitrogens with one attached hydrogen (secondary N) is 1. The van der Waals surface area contributed by atoms with Gasteiger partial charge in [-0.25, -0.2) is 0 Å². The first-order valence-corrected chi connectivity index (χ1v) is 9.20. The first-order chi connectivity index (χ1) is 11.2. The van der Waals surface area contributed by atoms with Crippen LogP contribution in [-0.4, -0.2) is 37.0 Å². The average molecular weight is 321 g/mol. The maximum absolute atomic E-state index is 12.4. The smallest absolute Gasteiger partial charge is 0.225 e. The van der Waals surface area contributed by atoms with Crippen LogP contribution in [0.1, 0.15) is 53.0 Å². The van der Waals surface area contributed by atoms with Crippen molar-refractivity contribution in [2.45, 2.75) is 59.9 Å². The molecular formula is C20H36N2O. The molecule has 1 heterocycles. The molecule has 1 aliphatic rings. The predicted molar refractivity (Wildman–Crippen MR) is 101 cm³/mol. The van der Waals surface area contributed by atoms with Crippen molar-refractivity contribution < 1.29 is 4.79 Å². The van der Waals surface area contributed by atoms with Gasteiger partial charge < -0.3 is 10.2 Å². The van der Waals surface area contributed by atoms with Gasteiger partial charge in [0.1, 0.15) is 0 Å². The summed E-state index contributed by atoms with van der Waals surface area (Å²) in [6.07, 6.45) is 2.87. The second-order valence-electron chi connectivity index (χ2n) is 5.51. The summed E-state index contributed by atoms with van der Waals surface area (Å²) in [4.78, 5) is 14.4. The second kappa shape index (κ2) is 13.1. The number of hydrogen-bond donors (Lipinski definition) is 1. The van der Waals surface area contributed by atoms with Crippen LogP contribution in [0.3, 0.4) is 0 Å². The van der Waals surface area contributed by atoms with Crippen LogP contribution in [0, 0.1) is 5.92 Å². The Balaban J connectivity index is 0.00000112. The summed E-state index contributed by atoms with van der Waals surface area (Å²) in [7, 11) is 1.94. The normalized spacial score (nSPS) is 15.4. The number of carbonyl (C=O) groups is 1. The van der Waals surface area contributed by atoms with Crippen molar-refractivity contribution in [2.24, 2.45) is 5.92 Å². The van der Waals surface area contributed by atoms with Crippen molar-refractivity contribution in [3.8, 4) is 0 Å². The van der Waals surface area contributed by atoms with Gasteiger partial charge in [-0.1, -0.05) is 58.0 Å². The fourth-order valence-corrected chi connectivity index (χ4v) is 2.67. The third kappa shape index (κ3) is 7.65. The van der Waals surface area contributed by atoms with E-state index < -0.39 is 0 Å². The zero-order chi connectivity index (χ0) is 17.7. The van der Waals surface area contributed by atoms with Crippen LogP contribution >= 0.6 is 0 Å². The highest BCUT2D eigenvalue weighted by Crippen LogP contribution is 2.17. The van der Waals surface area contributed by atoms with E-state index in [1.807, 2.05) is 45.7 Å². The SMILES string of the molecule is CC.CC.CC(Cc1ccccc1)N(C)C(=O)C1CCNCC1. The molecule has 1 saturated heterocycles. The van der Waals surface area contributed by atoms with Crippen molar-refractivity contribution >= 4 is 5.91 Å². The van der Waals surface area contributed by atoms with Gasteiger partial charge in [-0.3, -0.25) is 4.79 Å². The minimum Gasteiger partial charge on any atom is -0.342 e. The fourth-order valence-electron chi connectivity index (χ4n) is 2.67. The lowest BCUT2D eigenvalue weighted by Gasteiger charge is -2.31. The molecule has 0 aromatic heterocycles. The van der Waals surface area contributed by atoms with Crippen molar-refractivity contribution in [3.63, 3.8) is 0 Å². The van der Waals surface area contributed by atoms with Gasteiger partial charge in [-0.15, -0.1) is 0 Å². The van der Waals surface area contributed by atoms with E-state index in [9.17, 15) is 4.79 Å². The average Bonchev–Trinajstić information content (AvgIpc) is 2.65. The van der Waals surface area contributed by atoms with Crippen molar-refractivity contribution in [1.29, 1.82) is 0 Å². The molecule has 1 N–H and O–H groups in total. The Morgan fingerprint density at radius 3 is 2.17 bits per heavy atom. The molecule has 23 heavy (non-hydrogen) atoms. The molecule has 1 aromatic carbocycles. The Kier molecular flexibility index (Phi) is 12.4. The molecule has 2 rings (SSSR count). The highest BCUT2D eigenvalue weighted by molar-refractivity contribution is 5.79. The van der Waals surface area contributed by atoms with Crippen molar-refractivity contribution in [2.75, 3.05) is 20.1 Å². The molecule has 1 aliphatic heterocycles. The quantitative estimate of drug-likeness (QED) is 0.905. The van der Waals surface area contributed by atoms with E-state index in [4.69, 9.17) is 0 Å². The van der Waals surface area contributed by atoms with E-state index in [-0.39, 0.29) is 12.0 Å². The zero-order valence-electron chi connectivity index (χ0n) is 15.9. The lowest BCUT2D eigenvalue weighted by atomic mass is 9.95. The minimum absolute atomic E-state index is 0.212. The van der Waals surface area contributed by atoms with Crippen LogP contribution in [0.25, 0.3) is 0 Å². The molecule has 0 saturated carbocycles. The Morgan fingerprint density at radius 2 is 1.65 bits per heavy atom. The summed E-state index contributed by atoms with van der Waals surface area (Å²) in [6, 6.07) is 10.6. The molecule has 3 heteroatoms. The lowest BCUT2D eigenvalue weighted by molar-refractivity contribution is -0.136. The number of carbonyl (C=O) groups excluding carboxylic acids is 1. The lowest BCUT2D eigenvalue weighted by Crippen LogP contribution is -2.43. The van der Waals surface area contributed by atoms with Gasteiger partial charge in [0.2, 0.25) is 5.91 Å². The molecule has 0 radical (unpaired) electrons. The highest BCUT2D eigenvalue weighted by atomic mass is 16.2. The number of nitrogens with zero attached hydrogens (tertiary/aromatic N) is 1. The third-order valence-electron chi connectivity index (χ3n) is 4.07.